The van der Waals surface area contributed by atoms with Crippen molar-refractivity contribution >= 4 is 15.7 Å². The van der Waals surface area contributed by atoms with Gasteiger partial charge in [-0.25, -0.2) is 8.42 Å². The molecule has 22 heavy (non-hydrogen) atoms. The number of sulfone groups is 1. The third-order valence-corrected chi connectivity index (χ3v) is 6.18. The van der Waals surface area contributed by atoms with Gasteiger partial charge >= 0.3 is 0 Å². The van der Waals surface area contributed by atoms with Crippen molar-refractivity contribution in [1.29, 1.82) is 0 Å². The maximum Gasteiger partial charge on any atom is 0.287 e. The Morgan fingerprint density at radius 3 is 2.59 bits per heavy atom. The smallest absolute Gasteiger partial charge is 0.287 e. The van der Waals surface area contributed by atoms with Crippen LogP contribution in [0, 0.1) is 6.92 Å². The van der Waals surface area contributed by atoms with E-state index in [-0.39, 0.29) is 35.3 Å². The molecule has 0 aliphatic carbocycles. The fourth-order valence-electron chi connectivity index (χ4n) is 3.37. The molecule has 1 aromatic rings. The molecule has 6 nitrogen and oxygen atoms in total. The van der Waals surface area contributed by atoms with Gasteiger partial charge in [-0.2, -0.15) is 0 Å². The Balaban J connectivity index is 1.73. The monoisotopic (exact) mass is 326 g/mol. The molecule has 0 aromatic carbocycles. The average molecular weight is 326 g/mol. The zero-order valence-corrected chi connectivity index (χ0v) is 13.6. The largest absolute Gasteiger partial charge is 0.456 e. The van der Waals surface area contributed by atoms with Crippen LogP contribution in [-0.4, -0.2) is 55.9 Å². The first-order valence-corrected chi connectivity index (χ1v) is 9.58. The SMILES string of the molecule is Cc1ccc(C(=O)N[C@H]2CS(=O)(=O)C[C@@H]2N2CCCCC2)o1. The quantitative estimate of drug-likeness (QED) is 0.895. The fraction of sp³-hybridized carbons (Fsp3) is 0.667. The summed E-state index contributed by atoms with van der Waals surface area (Å²) in [6.45, 7) is 3.59. The maximum absolute atomic E-state index is 12.2. The molecular weight excluding hydrogens is 304 g/mol. The second kappa shape index (κ2) is 6.04. The van der Waals surface area contributed by atoms with Crippen LogP contribution in [0.25, 0.3) is 0 Å². The molecule has 1 N–H and O–H groups in total. The van der Waals surface area contributed by atoms with Gasteiger partial charge in [0, 0.05) is 6.04 Å². The number of carbonyl (C=O) groups excluding carboxylic acids is 1. The number of furan rings is 1. The number of hydrogen-bond donors (Lipinski definition) is 1. The van der Waals surface area contributed by atoms with Gasteiger partial charge in [0.1, 0.15) is 5.76 Å². The second-order valence-corrected chi connectivity index (χ2v) is 8.38. The van der Waals surface area contributed by atoms with Gasteiger partial charge in [0.05, 0.1) is 17.5 Å². The first-order valence-electron chi connectivity index (χ1n) is 7.76. The number of carbonyl (C=O) groups is 1. The number of nitrogens with one attached hydrogen (secondary N) is 1. The molecule has 3 rings (SSSR count). The third kappa shape index (κ3) is 3.35. The minimum absolute atomic E-state index is 0.0135. The summed E-state index contributed by atoms with van der Waals surface area (Å²) >= 11 is 0. The summed E-state index contributed by atoms with van der Waals surface area (Å²) in [6, 6.07) is 2.86. The molecule has 0 unspecified atom stereocenters. The molecule has 2 fully saturated rings. The number of rotatable bonds is 3. The van der Waals surface area contributed by atoms with E-state index >= 15 is 0 Å². The average Bonchev–Trinajstić information content (AvgIpc) is 3.03. The van der Waals surface area contributed by atoms with E-state index in [0.717, 1.165) is 25.9 Å². The van der Waals surface area contributed by atoms with Gasteiger partial charge in [-0.05, 0) is 45.0 Å². The van der Waals surface area contributed by atoms with E-state index in [4.69, 9.17) is 4.42 Å². The lowest BCUT2D eigenvalue weighted by Crippen LogP contribution is -2.52. The Hall–Kier alpha value is -1.34. The summed E-state index contributed by atoms with van der Waals surface area (Å²) in [5.41, 5.74) is 0. The molecule has 2 atom stereocenters. The number of aryl methyl sites for hydroxylation is 1. The lowest BCUT2D eigenvalue weighted by molar-refractivity contribution is 0.0871. The van der Waals surface area contributed by atoms with Crippen molar-refractivity contribution in [2.75, 3.05) is 24.6 Å². The van der Waals surface area contributed by atoms with Crippen molar-refractivity contribution in [2.45, 2.75) is 38.3 Å². The highest BCUT2D eigenvalue weighted by molar-refractivity contribution is 7.91. The first kappa shape index (κ1) is 15.6. The highest BCUT2D eigenvalue weighted by Gasteiger charge is 2.42. The first-order chi connectivity index (χ1) is 10.4. The van der Waals surface area contributed by atoms with Gasteiger partial charge in [0.25, 0.3) is 5.91 Å². The summed E-state index contributed by atoms with van der Waals surface area (Å²) in [5, 5.41) is 2.86. The Kier molecular flexibility index (Phi) is 4.27. The van der Waals surface area contributed by atoms with Gasteiger partial charge in [-0.1, -0.05) is 6.42 Å². The molecule has 0 radical (unpaired) electrons. The molecule has 122 valence electrons. The molecule has 2 saturated heterocycles. The van der Waals surface area contributed by atoms with Gasteiger partial charge < -0.3 is 9.73 Å². The summed E-state index contributed by atoms with van der Waals surface area (Å²) in [5.74, 6) is 0.711. The highest BCUT2D eigenvalue weighted by Crippen LogP contribution is 2.22. The van der Waals surface area contributed by atoms with Crippen LogP contribution in [0.3, 0.4) is 0 Å². The molecule has 1 aromatic heterocycles. The van der Waals surface area contributed by atoms with E-state index in [2.05, 4.69) is 10.2 Å². The molecule has 0 bridgehead atoms. The predicted octanol–water partition coefficient (Wildman–Crippen LogP) is 0.969. The number of hydrogen-bond acceptors (Lipinski definition) is 5. The number of piperidine rings is 1. The molecular formula is C15H22N2O4S. The van der Waals surface area contributed by atoms with E-state index in [0.29, 0.717) is 5.76 Å². The summed E-state index contributed by atoms with van der Waals surface area (Å²) in [4.78, 5) is 14.4. The summed E-state index contributed by atoms with van der Waals surface area (Å²) in [6.07, 6.45) is 3.38. The van der Waals surface area contributed by atoms with E-state index in [1.165, 1.54) is 6.42 Å². The van der Waals surface area contributed by atoms with Crippen molar-refractivity contribution < 1.29 is 17.6 Å². The van der Waals surface area contributed by atoms with Crippen molar-refractivity contribution in [3.05, 3.63) is 23.7 Å². The predicted molar refractivity (Wildman–Crippen MR) is 82.6 cm³/mol. The van der Waals surface area contributed by atoms with Crippen LogP contribution in [0.2, 0.25) is 0 Å². The number of likely N-dealkylation sites (tertiary alicyclic amines) is 1. The minimum atomic E-state index is -3.10. The van der Waals surface area contributed by atoms with E-state index in [1.807, 2.05) is 0 Å². The third-order valence-electron chi connectivity index (χ3n) is 4.46. The van der Waals surface area contributed by atoms with Crippen LogP contribution in [0.5, 0.6) is 0 Å². The second-order valence-electron chi connectivity index (χ2n) is 6.23. The number of nitrogens with zero attached hydrogens (tertiary/aromatic N) is 1. The molecule has 0 spiro atoms. The highest BCUT2D eigenvalue weighted by atomic mass is 32.2. The molecule has 1 amide bonds. The van der Waals surface area contributed by atoms with Crippen LogP contribution in [0.15, 0.2) is 16.5 Å². The van der Waals surface area contributed by atoms with E-state index < -0.39 is 9.84 Å². The topological polar surface area (TPSA) is 79.6 Å². The normalized spacial score (nSPS) is 28.6. The number of amides is 1. The van der Waals surface area contributed by atoms with Gasteiger partial charge in [0.15, 0.2) is 15.6 Å². The van der Waals surface area contributed by atoms with Crippen LogP contribution in [0.1, 0.15) is 35.6 Å². The molecule has 2 aliphatic rings. The lowest BCUT2D eigenvalue weighted by Gasteiger charge is -2.34. The molecule has 0 saturated carbocycles. The van der Waals surface area contributed by atoms with Crippen molar-refractivity contribution in [3.63, 3.8) is 0 Å². The van der Waals surface area contributed by atoms with E-state index in [1.54, 1.807) is 19.1 Å². The standard InChI is InChI=1S/C15H22N2O4S/c1-11-5-6-14(21-11)15(18)16-12-9-22(19,20)10-13(12)17-7-3-2-4-8-17/h5-6,12-13H,2-4,7-10H2,1H3,(H,16,18)/t12-,13-/m0/s1. The van der Waals surface area contributed by atoms with Crippen molar-refractivity contribution in [3.8, 4) is 0 Å². The van der Waals surface area contributed by atoms with Gasteiger partial charge in [0.2, 0.25) is 0 Å². The van der Waals surface area contributed by atoms with Crippen LogP contribution in [0.4, 0.5) is 0 Å². The Bertz CT molecular complexity index is 646. The van der Waals surface area contributed by atoms with E-state index in [9.17, 15) is 13.2 Å². The van der Waals surface area contributed by atoms with Gasteiger partial charge in [-0.15, -0.1) is 0 Å². The van der Waals surface area contributed by atoms with Crippen LogP contribution < -0.4 is 5.32 Å². The maximum atomic E-state index is 12.2. The molecule has 2 aliphatic heterocycles. The molecule has 3 heterocycles. The van der Waals surface area contributed by atoms with Gasteiger partial charge in [-0.3, -0.25) is 9.69 Å². The fourth-order valence-corrected chi connectivity index (χ4v) is 5.33. The summed E-state index contributed by atoms with van der Waals surface area (Å²) in [7, 11) is -3.10. The van der Waals surface area contributed by atoms with Crippen molar-refractivity contribution in [2.24, 2.45) is 0 Å². The lowest BCUT2D eigenvalue weighted by atomic mass is 10.0. The van der Waals surface area contributed by atoms with Crippen LogP contribution in [-0.2, 0) is 9.84 Å². The zero-order chi connectivity index (χ0) is 15.7. The Morgan fingerprint density at radius 1 is 1.23 bits per heavy atom. The Morgan fingerprint density at radius 2 is 1.95 bits per heavy atom. The molecule has 7 heteroatoms. The Labute approximate surface area is 130 Å². The van der Waals surface area contributed by atoms with Crippen molar-refractivity contribution in [1.82, 2.24) is 10.2 Å². The summed E-state index contributed by atoms with van der Waals surface area (Å²) < 4.78 is 29.3. The van der Waals surface area contributed by atoms with Crippen LogP contribution >= 0.6 is 0 Å². The zero-order valence-electron chi connectivity index (χ0n) is 12.7. The minimum Gasteiger partial charge on any atom is -0.456 e.